The Bertz CT molecular complexity index is 4660. The maximum absolute atomic E-state index is 2.91. The molecule has 2 nitrogen and oxygen atoms in total. The standard InChI is InChI=1S/C81H99BN2Si4/c1-75(2,3)49-37-48(38-50(39-49)76(4,5)6)57-47-65-74-69-73(57)83-68-36-35-51(85(19,20)77(7,8)9)40-58(68)59-42-53(87(23,24)79(13,14)15)45-66(71(59)83)82(69)67-46-54(88(25,26)80(16,17)18)43-61-60-41-52(86(21,22)78(10,11)12)44-64(70(60)84(74)72(61)67)81(65)62-33-29-27-31-55(62)56-32-28-30-34-63(56)81/h27-47H,1-26H3. The van der Waals surface area contributed by atoms with Gasteiger partial charge in [0.1, 0.15) is 0 Å². The van der Waals surface area contributed by atoms with E-state index in [1.54, 1.807) is 20.7 Å². The molecule has 1 aliphatic carbocycles. The summed E-state index contributed by atoms with van der Waals surface area (Å²) in [5.74, 6) is 0. The van der Waals surface area contributed by atoms with Crippen LogP contribution in [0.15, 0.2) is 127 Å². The molecule has 0 bridgehead atoms. The van der Waals surface area contributed by atoms with Crippen molar-refractivity contribution < 1.29 is 0 Å². The summed E-state index contributed by atoms with van der Waals surface area (Å²) in [5.41, 5.74) is 25.9. The summed E-state index contributed by atoms with van der Waals surface area (Å²) in [6.07, 6.45) is 0. The summed E-state index contributed by atoms with van der Waals surface area (Å²) in [4.78, 5) is 0. The Labute approximate surface area is 533 Å². The SMILES string of the molecule is CC(C)(C)c1cc(-c2cc3c4c5c2-n2c6ccc([Si](C)(C)C(C)(C)C)cc6c6cc([Si](C)(C)C(C)(C)C)cc(c62)B5c2cc([Si](C)(C)C(C)(C)C)cc5c6cc([Si](C)(C)C(C)(C)C)cc(c6n-4c25)C32c3ccccc3-c3ccccc32)cc(C(C)(C)C)c1. The molecule has 5 heterocycles. The fourth-order valence-corrected chi connectivity index (χ4v) is 23.4. The van der Waals surface area contributed by atoms with E-state index in [0.29, 0.717) is 0 Å². The largest absolute Gasteiger partial charge is 0.310 e. The lowest BCUT2D eigenvalue weighted by Crippen LogP contribution is -2.63. The molecule has 1 spiro atoms. The molecular formula is C81H99BN2Si4. The summed E-state index contributed by atoms with van der Waals surface area (Å²) in [7, 11) is -8.61. The fraction of sp³-hybridized carbons (Fsp3) is 0.407. The molecule has 0 fully saturated rings. The van der Waals surface area contributed by atoms with E-state index in [9.17, 15) is 0 Å². The monoisotopic (exact) mass is 1220 g/mol. The fourth-order valence-electron chi connectivity index (χ4n) is 15.9. The summed E-state index contributed by atoms with van der Waals surface area (Å²) in [5, 5.41) is 12.5. The van der Waals surface area contributed by atoms with Crippen LogP contribution in [0, 0.1) is 0 Å². The molecule has 0 saturated heterocycles. The van der Waals surface area contributed by atoms with Gasteiger partial charge in [-0.25, -0.2) is 0 Å². The van der Waals surface area contributed by atoms with E-state index in [-0.39, 0.29) is 37.7 Å². The molecule has 0 saturated carbocycles. The van der Waals surface area contributed by atoms with Crippen molar-refractivity contribution >= 4 is 120 Å². The van der Waals surface area contributed by atoms with Gasteiger partial charge in [-0.2, -0.15) is 0 Å². The Balaban J connectivity index is 1.32. The van der Waals surface area contributed by atoms with Gasteiger partial charge in [0.25, 0.3) is 6.71 Å². The van der Waals surface area contributed by atoms with Crippen LogP contribution in [0.1, 0.15) is 158 Å². The second-order valence-corrected chi connectivity index (χ2v) is 57.7. The van der Waals surface area contributed by atoms with Crippen molar-refractivity contribution in [1.29, 1.82) is 0 Å². The number of rotatable bonds is 5. The van der Waals surface area contributed by atoms with Crippen molar-refractivity contribution in [3.63, 3.8) is 0 Å². The van der Waals surface area contributed by atoms with Crippen molar-refractivity contribution in [1.82, 2.24) is 9.13 Å². The van der Waals surface area contributed by atoms with Crippen molar-refractivity contribution in [3.05, 3.63) is 161 Å². The molecule has 14 rings (SSSR count). The first-order chi connectivity index (χ1) is 40.5. The van der Waals surface area contributed by atoms with Gasteiger partial charge in [0.05, 0.1) is 54.4 Å². The third kappa shape index (κ3) is 7.63. The van der Waals surface area contributed by atoms with Gasteiger partial charge in [0.15, 0.2) is 0 Å². The van der Waals surface area contributed by atoms with Crippen LogP contribution < -0.4 is 37.1 Å². The van der Waals surface area contributed by atoms with Gasteiger partial charge in [-0.15, -0.1) is 0 Å². The predicted octanol–water partition coefficient (Wildman–Crippen LogP) is 18.8. The van der Waals surface area contributed by atoms with Crippen LogP contribution in [-0.2, 0) is 16.2 Å². The molecule has 0 N–H and O–H groups in total. The number of fused-ring (bicyclic) bond motifs is 14. The minimum absolute atomic E-state index is 0.0464. The molecule has 2 aromatic heterocycles. The van der Waals surface area contributed by atoms with Crippen LogP contribution in [-0.4, -0.2) is 48.1 Å². The van der Waals surface area contributed by atoms with Crippen molar-refractivity contribution in [2.24, 2.45) is 0 Å². The number of benzene rings is 8. The summed E-state index contributed by atoms with van der Waals surface area (Å²) in [6.45, 7) is 66.0. The van der Waals surface area contributed by atoms with Crippen LogP contribution in [0.5, 0.6) is 0 Å². The van der Waals surface area contributed by atoms with Crippen molar-refractivity contribution in [2.45, 2.75) is 213 Å². The highest BCUT2D eigenvalue weighted by Gasteiger charge is 2.57. The third-order valence-corrected chi connectivity index (χ3v) is 47.6. The zero-order valence-electron chi connectivity index (χ0n) is 58.6. The van der Waals surface area contributed by atoms with Crippen LogP contribution in [0.25, 0.3) is 77.2 Å². The predicted molar refractivity (Wildman–Crippen MR) is 401 cm³/mol. The van der Waals surface area contributed by atoms with Gasteiger partial charge >= 0.3 is 0 Å². The second kappa shape index (κ2) is 17.9. The van der Waals surface area contributed by atoms with E-state index in [1.165, 1.54) is 127 Å². The highest BCUT2D eigenvalue weighted by molar-refractivity contribution is 7.02. The van der Waals surface area contributed by atoms with Crippen molar-refractivity contribution in [3.8, 4) is 33.6 Å². The Hall–Kier alpha value is -5.71. The molecule has 8 aromatic carbocycles. The lowest BCUT2D eigenvalue weighted by molar-refractivity contribution is 0.569. The molecule has 0 radical (unpaired) electrons. The summed E-state index contributed by atoms with van der Waals surface area (Å²) in [6, 6.07) is 54.4. The zero-order valence-corrected chi connectivity index (χ0v) is 62.6. The van der Waals surface area contributed by atoms with E-state index < -0.39 is 37.7 Å². The number of hydrogen-bond donors (Lipinski definition) is 0. The molecule has 10 aromatic rings. The van der Waals surface area contributed by atoms with Crippen LogP contribution in [0.2, 0.25) is 72.5 Å². The van der Waals surface area contributed by atoms with E-state index in [4.69, 9.17) is 0 Å². The molecule has 0 amide bonds. The topological polar surface area (TPSA) is 9.86 Å². The maximum atomic E-state index is 2.91. The quantitative estimate of drug-likeness (QED) is 0.152. The highest BCUT2D eigenvalue weighted by Crippen LogP contribution is 2.63. The molecule has 7 heteroatoms. The first kappa shape index (κ1) is 59.9. The highest BCUT2D eigenvalue weighted by atomic mass is 28.3. The third-order valence-electron chi connectivity index (χ3n) is 25.7. The lowest BCUT2D eigenvalue weighted by atomic mass is 9.33. The van der Waals surface area contributed by atoms with Gasteiger partial charge in [-0.3, -0.25) is 0 Å². The number of nitrogens with zero attached hydrogens (tertiary/aromatic N) is 2. The Morgan fingerprint density at radius 2 is 0.750 bits per heavy atom. The van der Waals surface area contributed by atoms with E-state index in [1.807, 2.05) is 0 Å². The summed E-state index contributed by atoms with van der Waals surface area (Å²) >= 11 is 0. The van der Waals surface area contributed by atoms with Gasteiger partial charge in [0.2, 0.25) is 0 Å². The lowest BCUT2D eigenvalue weighted by Gasteiger charge is -2.46. The normalized spacial score (nSPS) is 15.7. The van der Waals surface area contributed by atoms with Crippen LogP contribution >= 0.6 is 0 Å². The van der Waals surface area contributed by atoms with E-state index >= 15 is 0 Å². The Morgan fingerprint density at radius 1 is 0.341 bits per heavy atom. The minimum atomic E-state index is -2.21. The van der Waals surface area contributed by atoms with Crippen LogP contribution in [0.3, 0.4) is 0 Å². The van der Waals surface area contributed by atoms with Crippen LogP contribution in [0.4, 0.5) is 0 Å². The van der Waals surface area contributed by atoms with Gasteiger partial charge in [-0.1, -0.05) is 313 Å². The Kier molecular flexibility index (Phi) is 12.2. The first-order valence-electron chi connectivity index (χ1n) is 33.4. The summed E-state index contributed by atoms with van der Waals surface area (Å²) < 4.78 is 5.78. The first-order valence-corrected chi connectivity index (χ1v) is 45.4. The molecule has 0 atom stereocenters. The molecule has 88 heavy (non-hydrogen) atoms. The maximum Gasteiger partial charge on any atom is 0.252 e. The average molecular weight is 1220 g/mol. The van der Waals surface area contributed by atoms with Gasteiger partial charge in [-0.05, 0) is 110 Å². The smallest absolute Gasteiger partial charge is 0.252 e. The van der Waals surface area contributed by atoms with E-state index in [0.717, 1.165) is 0 Å². The van der Waals surface area contributed by atoms with Gasteiger partial charge in [0, 0.05) is 43.8 Å². The number of aromatic nitrogens is 2. The average Bonchev–Trinajstić information content (AvgIpc) is 1.36. The molecular weight excluding hydrogens is 1120 g/mol. The number of hydrogen-bond acceptors (Lipinski definition) is 0. The molecule has 0 unspecified atom stereocenters. The van der Waals surface area contributed by atoms with E-state index in [2.05, 4.69) is 314 Å². The zero-order chi connectivity index (χ0) is 63.7. The molecule has 4 aliphatic rings. The Morgan fingerprint density at radius 3 is 1.22 bits per heavy atom. The van der Waals surface area contributed by atoms with Crippen molar-refractivity contribution in [2.75, 3.05) is 0 Å². The van der Waals surface area contributed by atoms with Gasteiger partial charge < -0.3 is 9.13 Å². The molecule has 3 aliphatic heterocycles. The second-order valence-electron chi connectivity index (χ2n) is 36.4. The molecule has 452 valence electrons. The minimum Gasteiger partial charge on any atom is -0.310 e.